The van der Waals surface area contributed by atoms with Crippen molar-refractivity contribution in [2.75, 3.05) is 11.1 Å². The molecule has 0 fully saturated rings. The molecule has 1 aromatic heterocycles. The van der Waals surface area contributed by atoms with E-state index in [9.17, 15) is 0 Å². The van der Waals surface area contributed by atoms with E-state index in [4.69, 9.17) is 5.73 Å². The summed E-state index contributed by atoms with van der Waals surface area (Å²) in [5.41, 5.74) is 7.59. The van der Waals surface area contributed by atoms with Gasteiger partial charge in [-0.15, -0.1) is 10.2 Å². The largest absolute Gasteiger partial charge is 0.382 e. The second-order valence-corrected chi connectivity index (χ2v) is 4.24. The first-order valence-corrected chi connectivity index (χ1v) is 5.57. The first-order valence-electron chi connectivity index (χ1n) is 4.78. The molecule has 0 radical (unpaired) electrons. The van der Waals surface area contributed by atoms with Crippen LogP contribution < -0.4 is 11.1 Å². The van der Waals surface area contributed by atoms with Crippen LogP contribution in [0.15, 0.2) is 34.8 Å². The van der Waals surface area contributed by atoms with E-state index >= 15 is 0 Å². The highest BCUT2D eigenvalue weighted by Gasteiger charge is 2.02. The summed E-state index contributed by atoms with van der Waals surface area (Å²) in [6.45, 7) is 2.02. The second kappa shape index (κ2) is 4.49. The zero-order valence-corrected chi connectivity index (χ0v) is 10.3. The predicted octanol–water partition coefficient (Wildman–Crippen LogP) is 2.87. The highest BCUT2D eigenvalue weighted by atomic mass is 79.9. The van der Waals surface area contributed by atoms with Crippen molar-refractivity contribution >= 4 is 33.3 Å². The molecule has 0 aliphatic heterocycles. The Morgan fingerprint density at radius 3 is 2.69 bits per heavy atom. The summed E-state index contributed by atoms with van der Waals surface area (Å²) < 4.78 is 1.06. The Balaban J connectivity index is 2.27. The van der Waals surface area contributed by atoms with Crippen molar-refractivity contribution in [3.8, 4) is 0 Å². The van der Waals surface area contributed by atoms with Gasteiger partial charge in [-0.2, -0.15) is 0 Å². The summed E-state index contributed by atoms with van der Waals surface area (Å²) in [6.07, 6.45) is 0. The van der Waals surface area contributed by atoms with Gasteiger partial charge in [0.1, 0.15) is 5.82 Å². The molecule has 0 unspecified atom stereocenters. The maximum atomic E-state index is 5.47. The van der Waals surface area contributed by atoms with Gasteiger partial charge < -0.3 is 11.1 Å². The van der Waals surface area contributed by atoms with Gasteiger partial charge in [-0.05, 0) is 36.8 Å². The molecule has 0 amide bonds. The molecule has 2 aromatic rings. The van der Waals surface area contributed by atoms with Crippen molar-refractivity contribution in [1.82, 2.24) is 10.2 Å². The molecule has 0 saturated carbocycles. The Hall–Kier alpha value is -1.62. The molecule has 0 aliphatic rings. The van der Waals surface area contributed by atoms with Crippen LogP contribution in [-0.2, 0) is 0 Å². The van der Waals surface area contributed by atoms with Crippen LogP contribution in [0.3, 0.4) is 0 Å². The van der Waals surface area contributed by atoms with Gasteiger partial charge in [0.05, 0.1) is 0 Å². The highest BCUT2D eigenvalue weighted by molar-refractivity contribution is 9.10. The number of nitrogens with two attached hydrogens (primary N) is 1. The molecule has 2 rings (SSSR count). The third kappa shape index (κ3) is 2.30. The van der Waals surface area contributed by atoms with Crippen LogP contribution in [-0.4, -0.2) is 10.2 Å². The van der Waals surface area contributed by atoms with Gasteiger partial charge in [0.15, 0.2) is 5.82 Å². The van der Waals surface area contributed by atoms with Gasteiger partial charge in [-0.1, -0.05) is 22.0 Å². The molecule has 0 spiro atoms. The summed E-state index contributed by atoms with van der Waals surface area (Å²) in [5, 5.41) is 10.9. The van der Waals surface area contributed by atoms with E-state index in [-0.39, 0.29) is 0 Å². The van der Waals surface area contributed by atoms with E-state index in [0.29, 0.717) is 11.6 Å². The minimum Gasteiger partial charge on any atom is -0.382 e. The molecule has 0 saturated heterocycles. The number of hydrogen-bond acceptors (Lipinski definition) is 4. The molecular formula is C11H11BrN4. The van der Waals surface area contributed by atoms with E-state index in [1.165, 1.54) is 0 Å². The number of nitrogens with zero attached hydrogens (tertiary/aromatic N) is 2. The lowest BCUT2D eigenvalue weighted by Crippen LogP contribution is -1.99. The third-order valence-corrected chi connectivity index (χ3v) is 3.07. The molecular weight excluding hydrogens is 268 g/mol. The zero-order chi connectivity index (χ0) is 11.5. The van der Waals surface area contributed by atoms with E-state index < -0.39 is 0 Å². The smallest absolute Gasteiger partial charge is 0.153 e. The first kappa shape index (κ1) is 10.9. The number of benzene rings is 1. The van der Waals surface area contributed by atoms with Crippen molar-refractivity contribution in [2.24, 2.45) is 0 Å². The number of hydrogen-bond donors (Lipinski definition) is 2. The van der Waals surface area contributed by atoms with Gasteiger partial charge in [0.2, 0.25) is 0 Å². The maximum absolute atomic E-state index is 5.47. The molecule has 16 heavy (non-hydrogen) atoms. The van der Waals surface area contributed by atoms with Gasteiger partial charge in [-0.3, -0.25) is 0 Å². The fourth-order valence-electron chi connectivity index (χ4n) is 1.29. The fourth-order valence-corrected chi connectivity index (χ4v) is 1.66. The van der Waals surface area contributed by atoms with Crippen LogP contribution in [0.4, 0.5) is 17.3 Å². The van der Waals surface area contributed by atoms with Crippen LogP contribution in [0.25, 0.3) is 0 Å². The van der Waals surface area contributed by atoms with Crippen LogP contribution in [0.1, 0.15) is 5.56 Å². The van der Waals surface area contributed by atoms with Gasteiger partial charge in [-0.25, -0.2) is 0 Å². The summed E-state index contributed by atoms with van der Waals surface area (Å²) in [7, 11) is 0. The predicted molar refractivity (Wildman–Crippen MR) is 68.6 cm³/mol. The van der Waals surface area contributed by atoms with Crippen molar-refractivity contribution in [1.29, 1.82) is 0 Å². The van der Waals surface area contributed by atoms with Gasteiger partial charge in [0.25, 0.3) is 0 Å². The Morgan fingerprint density at radius 1 is 1.19 bits per heavy atom. The zero-order valence-electron chi connectivity index (χ0n) is 8.74. The van der Waals surface area contributed by atoms with Gasteiger partial charge >= 0.3 is 0 Å². The lowest BCUT2D eigenvalue weighted by atomic mass is 10.2. The molecule has 82 valence electrons. The Kier molecular flexibility index (Phi) is 3.05. The molecule has 4 nitrogen and oxygen atoms in total. The molecule has 0 atom stereocenters. The van der Waals surface area contributed by atoms with E-state index in [2.05, 4.69) is 31.4 Å². The van der Waals surface area contributed by atoms with E-state index in [0.717, 1.165) is 15.7 Å². The Morgan fingerprint density at radius 2 is 2.00 bits per heavy atom. The summed E-state index contributed by atoms with van der Waals surface area (Å²) in [4.78, 5) is 0. The minimum atomic E-state index is 0.413. The van der Waals surface area contributed by atoms with Crippen LogP contribution in [0.5, 0.6) is 0 Å². The first-order chi connectivity index (χ1) is 7.66. The molecule has 5 heteroatoms. The average Bonchev–Trinajstić information content (AvgIpc) is 2.28. The van der Waals surface area contributed by atoms with Crippen molar-refractivity contribution in [2.45, 2.75) is 6.92 Å². The molecule has 1 heterocycles. The summed E-state index contributed by atoms with van der Waals surface area (Å²) >= 11 is 3.47. The lowest BCUT2D eigenvalue weighted by Gasteiger charge is -2.09. The lowest BCUT2D eigenvalue weighted by molar-refractivity contribution is 1.05. The number of halogens is 1. The van der Waals surface area contributed by atoms with E-state index in [1.807, 2.05) is 25.1 Å². The number of anilines is 3. The second-order valence-electron chi connectivity index (χ2n) is 3.38. The monoisotopic (exact) mass is 278 g/mol. The topological polar surface area (TPSA) is 63.8 Å². The van der Waals surface area contributed by atoms with Gasteiger partial charge in [0, 0.05) is 10.2 Å². The fraction of sp³-hybridized carbons (Fsp3) is 0.0909. The van der Waals surface area contributed by atoms with Crippen LogP contribution >= 0.6 is 15.9 Å². The number of nitrogens with one attached hydrogen (secondary N) is 1. The van der Waals surface area contributed by atoms with Crippen LogP contribution in [0.2, 0.25) is 0 Å². The van der Waals surface area contributed by atoms with Crippen molar-refractivity contribution < 1.29 is 0 Å². The normalized spacial score (nSPS) is 10.1. The quantitative estimate of drug-likeness (QED) is 0.887. The standard InChI is InChI=1S/C11H11BrN4/c1-7-8(12)3-2-4-9(7)14-11-6-5-10(13)15-16-11/h2-6H,1H3,(H2,13,15)(H,14,16). The number of aromatic nitrogens is 2. The maximum Gasteiger partial charge on any atom is 0.153 e. The summed E-state index contributed by atoms with van der Waals surface area (Å²) in [6, 6.07) is 9.45. The van der Waals surface area contributed by atoms with Crippen LogP contribution in [0, 0.1) is 6.92 Å². The molecule has 0 aliphatic carbocycles. The Bertz CT molecular complexity index is 496. The highest BCUT2D eigenvalue weighted by Crippen LogP contribution is 2.25. The van der Waals surface area contributed by atoms with Crippen molar-refractivity contribution in [3.05, 3.63) is 40.4 Å². The SMILES string of the molecule is Cc1c(Br)cccc1Nc1ccc(N)nn1. The number of nitrogen functional groups attached to an aromatic ring is 1. The molecule has 1 aromatic carbocycles. The van der Waals surface area contributed by atoms with Crippen molar-refractivity contribution in [3.63, 3.8) is 0 Å². The Labute approximate surface area is 102 Å². The molecule has 0 bridgehead atoms. The van der Waals surface area contributed by atoms with E-state index in [1.54, 1.807) is 12.1 Å². The number of rotatable bonds is 2. The average molecular weight is 279 g/mol. The molecule has 3 N–H and O–H groups in total. The minimum absolute atomic E-state index is 0.413. The third-order valence-electron chi connectivity index (χ3n) is 2.22. The summed E-state index contributed by atoms with van der Waals surface area (Å²) in [5.74, 6) is 1.09.